The highest BCUT2D eigenvalue weighted by molar-refractivity contribution is 5.77. The molecule has 1 aliphatic rings. The van der Waals surface area contributed by atoms with Crippen LogP contribution in [0.2, 0.25) is 0 Å². The summed E-state index contributed by atoms with van der Waals surface area (Å²) in [4.78, 5) is 0. The Morgan fingerprint density at radius 1 is 1.10 bits per heavy atom. The van der Waals surface area contributed by atoms with E-state index in [1.54, 1.807) is 0 Å². The monoisotopic (exact) mass is 274 g/mol. The van der Waals surface area contributed by atoms with E-state index in [1.807, 2.05) is 18.2 Å². The summed E-state index contributed by atoms with van der Waals surface area (Å²) in [6, 6.07) is 5.76. The van der Waals surface area contributed by atoms with E-state index in [1.165, 1.54) is 0 Å². The fourth-order valence-electron chi connectivity index (χ4n) is 2.29. The van der Waals surface area contributed by atoms with Gasteiger partial charge in [0.25, 0.3) is 0 Å². The number of aromatic nitrogens is 1. The van der Waals surface area contributed by atoms with Gasteiger partial charge in [0.2, 0.25) is 5.88 Å². The molecule has 0 amide bonds. The lowest BCUT2D eigenvalue weighted by Gasteiger charge is -2.20. The Bertz CT molecular complexity index is 641. The van der Waals surface area contributed by atoms with Crippen molar-refractivity contribution in [3.05, 3.63) is 23.9 Å². The van der Waals surface area contributed by atoms with Crippen molar-refractivity contribution in [1.82, 2.24) is 5.16 Å². The minimum Gasteiger partial charge on any atom is -0.486 e. The van der Waals surface area contributed by atoms with Gasteiger partial charge in [0.15, 0.2) is 11.5 Å². The molecule has 0 radical (unpaired) electrons. The summed E-state index contributed by atoms with van der Waals surface area (Å²) in [5.74, 6) is 1.81. The highest BCUT2D eigenvalue weighted by Gasteiger charge is 2.27. The van der Waals surface area contributed by atoms with Crippen LogP contribution in [0.15, 0.2) is 22.7 Å². The van der Waals surface area contributed by atoms with Gasteiger partial charge in [-0.15, -0.1) is 0 Å². The topological polar surface area (TPSA) is 70.5 Å². The van der Waals surface area contributed by atoms with Crippen molar-refractivity contribution in [2.45, 2.75) is 26.2 Å². The van der Waals surface area contributed by atoms with E-state index in [-0.39, 0.29) is 5.41 Å². The second-order valence-corrected chi connectivity index (χ2v) is 5.88. The van der Waals surface area contributed by atoms with Crippen molar-refractivity contribution in [2.75, 3.05) is 18.9 Å². The molecule has 0 saturated carbocycles. The molecular formula is C15H18N2O3. The zero-order valence-electron chi connectivity index (χ0n) is 11.9. The number of anilines is 1. The van der Waals surface area contributed by atoms with E-state index in [2.05, 4.69) is 25.9 Å². The lowest BCUT2D eigenvalue weighted by Crippen LogP contribution is -2.15. The molecule has 1 aromatic heterocycles. The van der Waals surface area contributed by atoms with Gasteiger partial charge in [0.1, 0.15) is 13.2 Å². The zero-order chi connectivity index (χ0) is 14.3. The Balaban J connectivity index is 2.12. The number of fused-ring (bicyclic) bond motifs is 1. The number of ether oxygens (including phenoxy) is 2. The van der Waals surface area contributed by atoms with Crippen molar-refractivity contribution in [1.29, 1.82) is 0 Å². The van der Waals surface area contributed by atoms with Gasteiger partial charge in [-0.1, -0.05) is 32.0 Å². The normalized spacial score (nSPS) is 14.3. The van der Waals surface area contributed by atoms with Crippen molar-refractivity contribution in [3.8, 4) is 22.6 Å². The smallest absolute Gasteiger partial charge is 0.230 e. The van der Waals surface area contributed by atoms with Crippen molar-refractivity contribution < 1.29 is 14.0 Å². The average molecular weight is 274 g/mol. The molecule has 106 valence electrons. The van der Waals surface area contributed by atoms with Crippen LogP contribution in [0, 0.1) is 0 Å². The molecule has 0 atom stereocenters. The van der Waals surface area contributed by atoms with E-state index in [0.717, 1.165) is 28.3 Å². The molecule has 2 heterocycles. The van der Waals surface area contributed by atoms with E-state index in [9.17, 15) is 0 Å². The first-order chi connectivity index (χ1) is 9.47. The van der Waals surface area contributed by atoms with Gasteiger partial charge < -0.3 is 19.7 Å². The minimum atomic E-state index is -0.149. The Hall–Kier alpha value is -2.17. The summed E-state index contributed by atoms with van der Waals surface area (Å²) in [7, 11) is 0. The van der Waals surface area contributed by atoms with Crippen LogP contribution in [-0.2, 0) is 5.41 Å². The number of hydrogen-bond donors (Lipinski definition) is 1. The van der Waals surface area contributed by atoms with Crippen LogP contribution in [0.3, 0.4) is 0 Å². The van der Waals surface area contributed by atoms with Gasteiger partial charge in [0, 0.05) is 5.41 Å². The van der Waals surface area contributed by atoms with Gasteiger partial charge >= 0.3 is 0 Å². The van der Waals surface area contributed by atoms with Gasteiger partial charge in [-0.05, 0) is 17.7 Å². The molecule has 0 fully saturated rings. The highest BCUT2D eigenvalue weighted by atomic mass is 16.6. The molecule has 0 spiro atoms. The van der Waals surface area contributed by atoms with Crippen LogP contribution in [0.4, 0.5) is 5.88 Å². The first-order valence-corrected chi connectivity index (χ1v) is 6.62. The van der Waals surface area contributed by atoms with E-state index in [0.29, 0.717) is 19.1 Å². The standard InChI is InChI=1S/C15H18N2O3/c1-15(2,3)13-12(14(16)20-17-13)9-4-5-10-11(8-9)19-7-6-18-10/h4-5,8H,6-7,16H2,1-3H3. The zero-order valence-corrected chi connectivity index (χ0v) is 11.9. The average Bonchev–Trinajstić information content (AvgIpc) is 2.80. The van der Waals surface area contributed by atoms with Crippen LogP contribution < -0.4 is 15.2 Å². The Morgan fingerprint density at radius 3 is 2.50 bits per heavy atom. The van der Waals surface area contributed by atoms with Crippen LogP contribution in [0.1, 0.15) is 26.5 Å². The summed E-state index contributed by atoms with van der Waals surface area (Å²) < 4.78 is 16.3. The summed E-state index contributed by atoms with van der Waals surface area (Å²) in [6.45, 7) is 7.36. The predicted molar refractivity (Wildman–Crippen MR) is 76.0 cm³/mol. The van der Waals surface area contributed by atoms with Crippen molar-refractivity contribution in [3.63, 3.8) is 0 Å². The minimum absolute atomic E-state index is 0.149. The highest BCUT2D eigenvalue weighted by Crippen LogP contribution is 2.40. The van der Waals surface area contributed by atoms with Crippen molar-refractivity contribution in [2.24, 2.45) is 0 Å². The summed E-state index contributed by atoms with van der Waals surface area (Å²) >= 11 is 0. The van der Waals surface area contributed by atoms with Gasteiger partial charge in [-0.25, -0.2) is 0 Å². The lowest BCUT2D eigenvalue weighted by molar-refractivity contribution is 0.171. The third-order valence-electron chi connectivity index (χ3n) is 3.26. The van der Waals surface area contributed by atoms with Gasteiger partial charge in [-0.2, -0.15) is 0 Å². The summed E-state index contributed by atoms with van der Waals surface area (Å²) in [6.07, 6.45) is 0. The van der Waals surface area contributed by atoms with Crippen molar-refractivity contribution >= 4 is 5.88 Å². The molecule has 0 aliphatic carbocycles. The molecule has 5 heteroatoms. The first-order valence-electron chi connectivity index (χ1n) is 6.62. The molecule has 2 aromatic rings. The van der Waals surface area contributed by atoms with Crippen LogP contribution in [0.5, 0.6) is 11.5 Å². The maximum Gasteiger partial charge on any atom is 0.230 e. The van der Waals surface area contributed by atoms with Crippen LogP contribution in [-0.4, -0.2) is 18.4 Å². The first kappa shape index (κ1) is 12.8. The number of rotatable bonds is 1. The maximum absolute atomic E-state index is 5.94. The Labute approximate surface area is 117 Å². The summed E-state index contributed by atoms with van der Waals surface area (Å²) in [5, 5.41) is 4.10. The van der Waals surface area contributed by atoms with E-state index < -0.39 is 0 Å². The lowest BCUT2D eigenvalue weighted by atomic mass is 9.87. The Morgan fingerprint density at radius 2 is 1.80 bits per heavy atom. The largest absolute Gasteiger partial charge is 0.486 e. The maximum atomic E-state index is 5.94. The van der Waals surface area contributed by atoms with Gasteiger partial charge in [-0.3, -0.25) is 0 Å². The quantitative estimate of drug-likeness (QED) is 0.865. The molecular weight excluding hydrogens is 256 g/mol. The molecule has 0 saturated heterocycles. The molecule has 3 rings (SSSR count). The SMILES string of the molecule is CC(C)(C)c1noc(N)c1-c1ccc2c(c1)OCCO2. The molecule has 5 nitrogen and oxygen atoms in total. The number of nitrogen functional groups attached to an aromatic ring is 1. The third-order valence-corrected chi connectivity index (χ3v) is 3.26. The van der Waals surface area contributed by atoms with Gasteiger partial charge in [0.05, 0.1) is 11.3 Å². The number of nitrogens with zero attached hydrogens (tertiary/aromatic N) is 1. The molecule has 1 aromatic carbocycles. The second kappa shape index (κ2) is 4.44. The van der Waals surface area contributed by atoms with E-state index in [4.69, 9.17) is 19.7 Å². The third kappa shape index (κ3) is 2.09. The number of hydrogen-bond acceptors (Lipinski definition) is 5. The fraction of sp³-hybridized carbons (Fsp3) is 0.400. The summed E-state index contributed by atoms with van der Waals surface area (Å²) in [5.41, 5.74) is 8.39. The van der Waals surface area contributed by atoms with E-state index >= 15 is 0 Å². The molecule has 20 heavy (non-hydrogen) atoms. The van der Waals surface area contributed by atoms with Crippen LogP contribution in [0.25, 0.3) is 11.1 Å². The predicted octanol–water partition coefficient (Wildman–Crippen LogP) is 2.99. The molecule has 0 bridgehead atoms. The molecule has 1 aliphatic heterocycles. The number of benzene rings is 1. The Kier molecular flexibility index (Phi) is 2.85. The molecule has 0 unspecified atom stereocenters. The fourth-order valence-corrected chi connectivity index (χ4v) is 2.29. The molecule has 2 N–H and O–H groups in total. The second-order valence-electron chi connectivity index (χ2n) is 5.88. The number of nitrogens with two attached hydrogens (primary N) is 1. The van der Waals surface area contributed by atoms with Crippen LogP contribution >= 0.6 is 0 Å².